The molecule has 0 aliphatic heterocycles. The van der Waals surface area contributed by atoms with Crippen LogP contribution in [0.4, 0.5) is 0 Å². The molecule has 2 rings (SSSR count). The Kier molecular flexibility index (Phi) is 3.57. The zero-order valence-electron chi connectivity index (χ0n) is 9.88. The number of aliphatic hydroxyl groups excluding tert-OH is 1. The molecular formula is C15H17NO. The second kappa shape index (κ2) is 5.13. The molecule has 2 aromatic rings. The van der Waals surface area contributed by atoms with Gasteiger partial charge in [0.2, 0.25) is 0 Å². The van der Waals surface area contributed by atoms with Crippen LogP contribution in [0.3, 0.4) is 0 Å². The lowest BCUT2D eigenvalue weighted by atomic mass is 9.89. The molecule has 0 saturated carbocycles. The highest BCUT2D eigenvalue weighted by atomic mass is 16.3. The monoisotopic (exact) mass is 227 g/mol. The zero-order valence-corrected chi connectivity index (χ0v) is 9.88. The molecule has 2 unspecified atom stereocenters. The average molecular weight is 227 g/mol. The van der Waals surface area contributed by atoms with Crippen LogP contribution in [-0.4, -0.2) is 11.3 Å². The maximum absolute atomic E-state index is 9.77. The van der Waals surface area contributed by atoms with E-state index >= 15 is 0 Å². The summed E-state index contributed by atoms with van der Waals surface area (Å²) in [7, 11) is 0. The van der Waals surface area contributed by atoms with Crippen molar-refractivity contribution in [2.75, 3.05) is 0 Å². The largest absolute Gasteiger partial charge is 0.378 e. The minimum atomic E-state index is -0.889. The highest BCUT2D eigenvalue weighted by molar-refractivity contribution is 5.34. The van der Waals surface area contributed by atoms with Gasteiger partial charge in [-0.1, -0.05) is 60.2 Å². The van der Waals surface area contributed by atoms with Crippen molar-refractivity contribution in [2.24, 2.45) is 5.73 Å². The standard InChI is InChI=1S/C15H17NO/c1-11-7-9-13(10-8-11)14(15(16)17)12-5-3-2-4-6-12/h2-10,14-15,17H,16H2,1H3. The number of benzene rings is 2. The van der Waals surface area contributed by atoms with Gasteiger partial charge in [-0.15, -0.1) is 0 Å². The molecule has 0 heterocycles. The Bertz CT molecular complexity index is 462. The lowest BCUT2D eigenvalue weighted by Gasteiger charge is -2.20. The van der Waals surface area contributed by atoms with Gasteiger partial charge in [0.05, 0.1) is 0 Å². The highest BCUT2D eigenvalue weighted by Crippen LogP contribution is 2.26. The van der Waals surface area contributed by atoms with Crippen molar-refractivity contribution in [3.8, 4) is 0 Å². The summed E-state index contributed by atoms with van der Waals surface area (Å²) in [6.07, 6.45) is -0.889. The topological polar surface area (TPSA) is 46.2 Å². The third-order valence-corrected chi connectivity index (χ3v) is 2.94. The van der Waals surface area contributed by atoms with Gasteiger partial charge in [-0.2, -0.15) is 0 Å². The van der Waals surface area contributed by atoms with E-state index in [1.807, 2.05) is 61.5 Å². The number of hydrogen-bond donors (Lipinski definition) is 2. The first-order chi connectivity index (χ1) is 8.18. The summed E-state index contributed by atoms with van der Waals surface area (Å²) < 4.78 is 0. The molecule has 88 valence electrons. The predicted octanol–water partition coefficient (Wildman–Crippen LogP) is 2.40. The fourth-order valence-electron chi connectivity index (χ4n) is 2.02. The summed E-state index contributed by atoms with van der Waals surface area (Å²) in [5.74, 6) is -0.170. The zero-order chi connectivity index (χ0) is 12.3. The highest BCUT2D eigenvalue weighted by Gasteiger charge is 2.19. The van der Waals surface area contributed by atoms with Gasteiger partial charge < -0.3 is 10.8 Å². The van der Waals surface area contributed by atoms with E-state index in [9.17, 15) is 5.11 Å². The number of aryl methyl sites for hydroxylation is 1. The molecule has 2 heteroatoms. The summed E-state index contributed by atoms with van der Waals surface area (Å²) in [5.41, 5.74) is 8.97. The van der Waals surface area contributed by atoms with E-state index in [1.54, 1.807) is 0 Å². The van der Waals surface area contributed by atoms with E-state index < -0.39 is 6.23 Å². The summed E-state index contributed by atoms with van der Waals surface area (Å²) >= 11 is 0. The molecule has 0 saturated heterocycles. The van der Waals surface area contributed by atoms with Gasteiger partial charge in [0, 0.05) is 5.92 Å². The normalized spacial score (nSPS) is 14.3. The molecule has 0 aliphatic carbocycles. The molecule has 0 aromatic heterocycles. The smallest absolute Gasteiger partial charge is 0.113 e. The number of hydrogen-bond acceptors (Lipinski definition) is 2. The second-order valence-electron chi connectivity index (χ2n) is 4.29. The van der Waals surface area contributed by atoms with Gasteiger partial charge in [-0.25, -0.2) is 0 Å². The van der Waals surface area contributed by atoms with Crippen LogP contribution in [0.1, 0.15) is 22.6 Å². The predicted molar refractivity (Wildman–Crippen MR) is 69.7 cm³/mol. The first-order valence-electron chi connectivity index (χ1n) is 5.73. The molecule has 17 heavy (non-hydrogen) atoms. The van der Waals surface area contributed by atoms with Gasteiger partial charge in [0.1, 0.15) is 6.23 Å². The van der Waals surface area contributed by atoms with Crippen LogP contribution in [0, 0.1) is 6.92 Å². The van der Waals surface area contributed by atoms with Crippen molar-refractivity contribution < 1.29 is 5.11 Å². The lowest BCUT2D eigenvalue weighted by Crippen LogP contribution is -2.28. The molecule has 2 nitrogen and oxygen atoms in total. The van der Waals surface area contributed by atoms with Gasteiger partial charge in [-0.05, 0) is 18.1 Å². The third-order valence-electron chi connectivity index (χ3n) is 2.94. The van der Waals surface area contributed by atoms with Crippen LogP contribution in [0.25, 0.3) is 0 Å². The second-order valence-corrected chi connectivity index (χ2v) is 4.29. The minimum Gasteiger partial charge on any atom is -0.378 e. The lowest BCUT2D eigenvalue weighted by molar-refractivity contribution is 0.164. The van der Waals surface area contributed by atoms with Crippen molar-refractivity contribution in [1.29, 1.82) is 0 Å². The maximum atomic E-state index is 9.77. The van der Waals surface area contributed by atoms with Gasteiger partial charge >= 0.3 is 0 Å². The minimum absolute atomic E-state index is 0.170. The molecule has 2 atom stereocenters. The van der Waals surface area contributed by atoms with E-state index in [-0.39, 0.29) is 5.92 Å². The van der Waals surface area contributed by atoms with E-state index in [2.05, 4.69) is 0 Å². The van der Waals surface area contributed by atoms with Gasteiger partial charge in [0.15, 0.2) is 0 Å². The Morgan fingerprint density at radius 1 is 0.882 bits per heavy atom. The van der Waals surface area contributed by atoms with Crippen molar-refractivity contribution in [2.45, 2.75) is 19.1 Å². The van der Waals surface area contributed by atoms with Crippen molar-refractivity contribution in [3.05, 3.63) is 71.3 Å². The molecule has 3 N–H and O–H groups in total. The first kappa shape index (κ1) is 11.8. The Labute approximate surface area is 102 Å². The molecule has 0 radical (unpaired) electrons. The Balaban J connectivity index is 2.39. The summed E-state index contributed by atoms with van der Waals surface area (Å²) in [5, 5.41) is 9.77. The molecule has 0 spiro atoms. The van der Waals surface area contributed by atoms with Crippen LogP contribution in [0.5, 0.6) is 0 Å². The summed E-state index contributed by atoms with van der Waals surface area (Å²) in [6.45, 7) is 2.04. The van der Waals surface area contributed by atoms with Crippen LogP contribution in [0.15, 0.2) is 54.6 Å². The first-order valence-corrected chi connectivity index (χ1v) is 5.73. The van der Waals surface area contributed by atoms with E-state index in [0.29, 0.717) is 0 Å². The molecule has 0 aliphatic rings. The number of rotatable bonds is 3. The number of aliphatic hydroxyl groups is 1. The van der Waals surface area contributed by atoms with E-state index in [0.717, 1.165) is 11.1 Å². The van der Waals surface area contributed by atoms with Crippen molar-refractivity contribution in [3.63, 3.8) is 0 Å². The molecular weight excluding hydrogens is 210 g/mol. The van der Waals surface area contributed by atoms with Crippen molar-refractivity contribution >= 4 is 0 Å². The number of nitrogens with two attached hydrogens (primary N) is 1. The Hall–Kier alpha value is -1.64. The maximum Gasteiger partial charge on any atom is 0.113 e. The van der Waals surface area contributed by atoms with E-state index in [4.69, 9.17) is 5.73 Å². The van der Waals surface area contributed by atoms with E-state index in [1.165, 1.54) is 5.56 Å². The van der Waals surface area contributed by atoms with Crippen LogP contribution in [0.2, 0.25) is 0 Å². The SMILES string of the molecule is Cc1ccc(C(c2ccccc2)C(N)O)cc1. The summed E-state index contributed by atoms with van der Waals surface area (Å²) in [4.78, 5) is 0. The summed E-state index contributed by atoms with van der Waals surface area (Å²) in [6, 6.07) is 17.9. The molecule has 0 bridgehead atoms. The quantitative estimate of drug-likeness (QED) is 0.791. The fraction of sp³-hybridized carbons (Fsp3) is 0.200. The Morgan fingerprint density at radius 3 is 1.94 bits per heavy atom. The van der Waals surface area contributed by atoms with Crippen LogP contribution >= 0.6 is 0 Å². The van der Waals surface area contributed by atoms with Crippen LogP contribution in [-0.2, 0) is 0 Å². The Morgan fingerprint density at radius 2 is 1.41 bits per heavy atom. The van der Waals surface area contributed by atoms with Crippen LogP contribution < -0.4 is 5.73 Å². The molecule has 2 aromatic carbocycles. The van der Waals surface area contributed by atoms with Crippen molar-refractivity contribution in [1.82, 2.24) is 0 Å². The third kappa shape index (κ3) is 2.73. The van der Waals surface area contributed by atoms with Gasteiger partial charge in [-0.3, -0.25) is 0 Å². The molecule has 0 fully saturated rings. The van der Waals surface area contributed by atoms with Gasteiger partial charge in [0.25, 0.3) is 0 Å². The molecule has 0 amide bonds. The average Bonchev–Trinajstić information content (AvgIpc) is 2.33. The fourth-order valence-corrected chi connectivity index (χ4v) is 2.02.